The number of nitrogens with one attached hydrogen (secondary N) is 3. The third-order valence-electron chi connectivity index (χ3n) is 9.01. The van der Waals surface area contributed by atoms with Crippen molar-refractivity contribution in [3.8, 4) is 0 Å². The van der Waals surface area contributed by atoms with E-state index in [1.807, 2.05) is 13.8 Å². The molecule has 0 unspecified atom stereocenters. The van der Waals surface area contributed by atoms with Gasteiger partial charge in [0.05, 0.1) is 13.2 Å². The Balaban J connectivity index is -0.0000000581. The number of aliphatic hydroxyl groups is 1. The van der Waals surface area contributed by atoms with E-state index in [1.165, 1.54) is 128 Å². The molecule has 74 heavy (non-hydrogen) atoms. The SMILES string of the molecule is C.C1CCNNCC1.CC.CCNCCCCCN.CC[N+]1=NCCCCC1.CC[N+]1=NCCCCC1.CC[N+]1=NCCCCC1.CN.CN1C[C@H](CO)OC1=O.C[N+](=O)[O-].C[N+](=O)[O-].C[N+](=O)[O-].[B].[B].[B].[B].[B]. The van der Waals surface area contributed by atoms with Crippen LogP contribution in [0.1, 0.15) is 145 Å². The lowest BCUT2D eigenvalue weighted by atomic mass is 10.2. The second-order valence-corrected chi connectivity index (χ2v) is 14.9. The number of amides is 1. The van der Waals surface area contributed by atoms with Gasteiger partial charge in [0.15, 0.2) is 60.4 Å². The fraction of sp³-hybridized carbons (Fsp3) is 0.978. The molecule has 8 N–H and O–H groups in total. The second kappa shape index (κ2) is 86.1. The Hall–Kier alpha value is -3.65. The van der Waals surface area contributed by atoms with Gasteiger partial charge in [-0.05, 0) is 127 Å². The molecule has 1 amide bonds. The summed E-state index contributed by atoms with van der Waals surface area (Å²) in [5.74, 6) is 0. The Morgan fingerprint density at radius 2 is 0.973 bits per heavy atom. The number of hydrogen-bond donors (Lipinski definition) is 6. The van der Waals surface area contributed by atoms with Crippen molar-refractivity contribution in [3.05, 3.63) is 30.3 Å². The van der Waals surface area contributed by atoms with Gasteiger partial charge in [-0.2, -0.15) is 0 Å². The Morgan fingerprint density at radius 1 is 0.649 bits per heavy atom. The van der Waals surface area contributed by atoms with Crippen LogP contribution in [0, 0.1) is 30.3 Å². The molecule has 2 fully saturated rings. The van der Waals surface area contributed by atoms with E-state index < -0.39 is 14.8 Å². The van der Waals surface area contributed by atoms with Gasteiger partial charge in [-0.1, -0.05) is 41.0 Å². The molecule has 0 aromatic carbocycles. The van der Waals surface area contributed by atoms with Crippen molar-refractivity contribution in [3.63, 3.8) is 0 Å². The maximum atomic E-state index is 10.5. The van der Waals surface area contributed by atoms with E-state index in [0.29, 0.717) is 6.54 Å². The van der Waals surface area contributed by atoms with Crippen molar-refractivity contribution in [2.75, 3.05) is 140 Å². The topological polar surface area (TPSA) is 313 Å². The average Bonchev–Trinajstić information content (AvgIpc) is 3.86. The highest BCUT2D eigenvalue weighted by Crippen LogP contribution is 2.07. The van der Waals surface area contributed by atoms with E-state index in [0.717, 1.165) is 93.1 Å². The molecule has 0 aromatic heterocycles. The summed E-state index contributed by atoms with van der Waals surface area (Å²) in [6.45, 7) is 28.3. The molecule has 5 aliphatic rings. The van der Waals surface area contributed by atoms with Crippen molar-refractivity contribution >= 4 is 48.2 Å². The van der Waals surface area contributed by atoms with Crippen molar-refractivity contribution in [1.29, 1.82) is 0 Å². The molecule has 0 saturated carbocycles. The summed E-state index contributed by atoms with van der Waals surface area (Å²) in [7, 11) is 5.80. The maximum Gasteiger partial charge on any atom is 0.410 e. The number of nitro groups is 3. The molecule has 5 rings (SSSR count). The molecule has 2 saturated heterocycles. The minimum Gasteiger partial charge on any atom is -0.442 e. The van der Waals surface area contributed by atoms with E-state index in [4.69, 9.17) is 41.2 Å². The number of aliphatic hydroxyl groups excluding tert-OH is 1. The minimum atomic E-state index is -0.500. The van der Waals surface area contributed by atoms with Gasteiger partial charge in [-0.25, -0.2) is 4.79 Å². The molecule has 0 bridgehead atoms. The number of azo groups is 6. The smallest absolute Gasteiger partial charge is 0.410 e. The Morgan fingerprint density at radius 3 is 1.22 bits per heavy atom. The first-order chi connectivity index (χ1) is 32.6. The highest BCUT2D eigenvalue weighted by Gasteiger charge is 2.27. The zero-order chi connectivity index (χ0) is 53.1. The first kappa shape index (κ1) is 99.4. The fourth-order valence-corrected chi connectivity index (χ4v) is 5.64. The summed E-state index contributed by atoms with van der Waals surface area (Å²) in [6.07, 6.45) is 19.0. The first-order valence-corrected chi connectivity index (χ1v) is 25.1. The number of unbranched alkanes of at least 4 members (excludes halogenated alkanes) is 2. The molecule has 0 spiro atoms. The Bertz CT molecular complexity index is 1100. The number of carbonyl (C=O) groups is 1. The molecule has 5 heterocycles. The van der Waals surface area contributed by atoms with Crippen LogP contribution in [0.2, 0.25) is 0 Å². The molecule has 29 heteroatoms. The third kappa shape index (κ3) is 97.6. The highest BCUT2D eigenvalue weighted by atomic mass is 16.6. The van der Waals surface area contributed by atoms with Gasteiger partial charge in [0.25, 0.3) is 0 Å². The normalized spacial score (nSPS) is 15.5. The number of hydrogen-bond acceptors (Lipinski definition) is 17. The lowest BCUT2D eigenvalue weighted by Gasteiger charge is -2.00. The van der Waals surface area contributed by atoms with Crippen LogP contribution in [0.15, 0.2) is 15.3 Å². The van der Waals surface area contributed by atoms with Crippen LogP contribution in [0.25, 0.3) is 0 Å². The van der Waals surface area contributed by atoms with Gasteiger partial charge in [-0.3, -0.25) is 41.2 Å². The van der Waals surface area contributed by atoms with E-state index in [1.54, 1.807) is 7.05 Å². The summed E-state index contributed by atoms with van der Waals surface area (Å²) in [4.78, 5) is 36.9. The lowest BCUT2D eigenvalue weighted by molar-refractivity contribution is -0.590. The predicted molar refractivity (Wildman–Crippen MR) is 307 cm³/mol. The summed E-state index contributed by atoms with van der Waals surface area (Å²) >= 11 is 0. The van der Waals surface area contributed by atoms with E-state index in [9.17, 15) is 4.79 Å². The highest BCUT2D eigenvalue weighted by molar-refractivity contribution is 5.76. The number of rotatable bonds is 10. The predicted octanol–water partition coefficient (Wildman–Crippen LogP) is 4.40. The van der Waals surface area contributed by atoms with Gasteiger partial charge >= 0.3 is 6.09 Å². The van der Waals surface area contributed by atoms with Gasteiger partial charge in [0.2, 0.25) is 0 Å². The Labute approximate surface area is 460 Å². The zero-order valence-corrected chi connectivity index (χ0v) is 47.7. The number of carbonyl (C=O) groups excluding carboxylic acids is 1. The molecular formula is C45H108B5N15O9+3. The van der Waals surface area contributed by atoms with Gasteiger partial charge in [-0.15, -0.1) is 14.1 Å². The monoisotopic (exact) mass is 1060 g/mol. The number of likely N-dealkylation sites (N-methyl/N-ethyl adjacent to an activating group) is 1. The molecule has 15 radical (unpaired) electrons. The quantitative estimate of drug-likeness (QED) is 0.0581. The van der Waals surface area contributed by atoms with Gasteiger partial charge in [0.1, 0.15) is 25.7 Å². The van der Waals surface area contributed by atoms with E-state index >= 15 is 0 Å². The van der Waals surface area contributed by atoms with E-state index in [-0.39, 0.29) is 68.3 Å². The van der Waals surface area contributed by atoms with Crippen molar-refractivity contribution in [2.24, 2.45) is 26.8 Å². The molecule has 0 aromatic rings. The van der Waals surface area contributed by atoms with Crippen LogP contribution in [0.4, 0.5) is 4.79 Å². The molecule has 429 valence electrons. The largest absolute Gasteiger partial charge is 0.442 e. The number of ether oxygens (including phenoxy) is 1. The van der Waals surface area contributed by atoms with Crippen molar-refractivity contribution in [2.45, 2.75) is 151 Å². The summed E-state index contributed by atoms with van der Waals surface area (Å²) in [5, 5.41) is 51.3. The number of hydrazine groups is 1. The number of nitrogens with zero attached hydrogens (tertiary/aromatic N) is 10. The molecule has 0 aliphatic carbocycles. The molecule has 24 nitrogen and oxygen atoms in total. The number of cyclic esters (lactones) is 1. The minimum absolute atomic E-state index is 0. The summed E-state index contributed by atoms with van der Waals surface area (Å²) in [5.41, 5.74) is 16.0. The summed E-state index contributed by atoms with van der Waals surface area (Å²) < 4.78 is 11.2. The Kier molecular flexibility index (Phi) is 116. The van der Waals surface area contributed by atoms with Crippen molar-refractivity contribution < 1.29 is 43.5 Å². The van der Waals surface area contributed by atoms with E-state index in [2.05, 4.69) is 83.8 Å². The van der Waals surface area contributed by atoms with Crippen LogP contribution in [-0.4, -0.2) is 233 Å². The number of nitrogens with two attached hydrogens (primary N) is 2. The first-order valence-electron chi connectivity index (χ1n) is 25.1. The summed E-state index contributed by atoms with van der Waals surface area (Å²) in [6, 6.07) is 0. The maximum absolute atomic E-state index is 10.5. The van der Waals surface area contributed by atoms with Crippen molar-refractivity contribution in [1.82, 2.24) is 21.1 Å². The van der Waals surface area contributed by atoms with Crippen LogP contribution in [0.3, 0.4) is 0 Å². The van der Waals surface area contributed by atoms with Crippen LogP contribution in [-0.2, 0) is 4.74 Å². The lowest BCUT2D eigenvalue weighted by Crippen LogP contribution is -2.30. The molecule has 5 aliphatic heterocycles. The van der Waals surface area contributed by atoms with Crippen LogP contribution < -0.4 is 27.6 Å². The van der Waals surface area contributed by atoms with Gasteiger partial charge in [0, 0.05) is 96.2 Å². The second-order valence-electron chi connectivity index (χ2n) is 14.9. The zero-order valence-electron chi connectivity index (χ0n) is 47.7. The van der Waals surface area contributed by atoms with Crippen LogP contribution >= 0.6 is 0 Å². The van der Waals surface area contributed by atoms with Crippen LogP contribution in [0.5, 0.6) is 0 Å². The molecular weight excluding hydrogens is 949 g/mol. The van der Waals surface area contributed by atoms with Gasteiger partial charge < -0.3 is 31.5 Å². The standard InChI is InChI=1S/3C7H15N2.C7H18N2.C5H12N2.C5H9NO3.C2H6.3CH3NO2.CH5N.CH4.5B/c3*1-2-9-7-5-3-4-6-8-9;1-2-9-7-5-3-4-6-8;1-2-4-6-7-5-3-1;1-6-2-4(3-7)9-5(6)8;1-2;3*1-2(3)4;1-2;;;;;;/h3*2-7H2,1H3;9H,2-8H2,1H3;6-7H,1-5H2;4,7H,2-3H2,1H3;1-2H3;3*1H3;2H2,1H3;1H4;;;;;/q3*+1;;;;;;;;;;;;;;/t;;;;;4-;;;;;;;;;;;/m.....1.........../s1. The average molecular weight is 1060 g/mol. The molecule has 1 atom stereocenters. The third-order valence-corrected chi connectivity index (χ3v) is 9.01. The fourth-order valence-electron chi connectivity index (χ4n) is 5.64.